The molecule has 7 heteroatoms. The highest BCUT2D eigenvalue weighted by atomic mass is 32.2. The molecule has 4 aliphatic rings. The van der Waals surface area contributed by atoms with Crippen LogP contribution in [0.1, 0.15) is 53.0 Å². The van der Waals surface area contributed by atoms with Gasteiger partial charge in [0.05, 0.1) is 11.0 Å². The van der Waals surface area contributed by atoms with Crippen LogP contribution in [0.5, 0.6) is 0 Å². The van der Waals surface area contributed by atoms with Gasteiger partial charge in [0.15, 0.2) is 0 Å². The second-order valence-electron chi connectivity index (χ2n) is 9.84. The average molecular weight is 484 g/mol. The van der Waals surface area contributed by atoms with E-state index >= 15 is 0 Å². The highest BCUT2D eigenvalue weighted by Gasteiger charge is 2.71. The van der Waals surface area contributed by atoms with Crippen LogP contribution in [0, 0.1) is 5.41 Å². The van der Waals surface area contributed by atoms with Crippen LogP contribution < -0.4 is 0 Å². The van der Waals surface area contributed by atoms with E-state index in [1.165, 1.54) is 5.56 Å². The molecule has 3 aliphatic carbocycles. The van der Waals surface area contributed by atoms with E-state index in [2.05, 4.69) is 17.1 Å². The van der Waals surface area contributed by atoms with Gasteiger partial charge in [-0.2, -0.15) is 24.9 Å². The SMILES string of the molecule is O=C(O)C12CC(Cc3ccccc3)SC1C1(c3ccc(C(F)(F)F)cc3)CCC2c2c[nH]cc21. The summed E-state index contributed by atoms with van der Waals surface area (Å²) >= 11 is 1.73. The van der Waals surface area contributed by atoms with Crippen molar-refractivity contribution >= 4 is 17.7 Å². The van der Waals surface area contributed by atoms with E-state index in [1.807, 2.05) is 30.6 Å². The van der Waals surface area contributed by atoms with Crippen molar-refractivity contribution in [1.29, 1.82) is 0 Å². The molecule has 34 heavy (non-hydrogen) atoms. The third-order valence-corrected chi connectivity index (χ3v) is 10.1. The summed E-state index contributed by atoms with van der Waals surface area (Å²) < 4.78 is 39.9. The number of thioether (sulfide) groups is 1. The van der Waals surface area contributed by atoms with Crippen molar-refractivity contribution in [2.75, 3.05) is 0 Å². The molecule has 2 N–H and O–H groups in total. The third-order valence-electron chi connectivity index (χ3n) is 8.32. The van der Waals surface area contributed by atoms with Gasteiger partial charge in [0.25, 0.3) is 0 Å². The third kappa shape index (κ3) is 2.88. The van der Waals surface area contributed by atoms with Crippen LogP contribution in [0.3, 0.4) is 0 Å². The van der Waals surface area contributed by atoms with Crippen LogP contribution in [0.4, 0.5) is 13.2 Å². The van der Waals surface area contributed by atoms with Crippen molar-refractivity contribution in [2.24, 2.45) is 5.41 Å². The topological polar surface area (TPSA) is 53.1 Å². The molecule has 7 rings (SSSR count). The van der Waals surface area contributed by atoms with Gasteiger partial charge in [-0.3, -0.25) is 4.79 Å². The maximum atomic E-state index is 13.3. The molecular weight excluding hydrogens is 459 g/mol. The predicted molar refractivity (Wildman–Crippen MR) is 125 cm³/mol. The maximum absolute atomic E-state index is 13.3. The fourth-order valence-electron chi connectivity index (χ4n) is 7.00. The molecule has 2 aromatic carbocycles. The molecule has 176 valence electrons. The van der Waals surface area contributed by atoms with E-state index in [9.17, 15) is 23.1 Å². The Kier molecular flexibility index (Phi) is 4.76. The van der Waals surface area contributed by atoms with Gasteiger partial charge in [-0.25, -0.2) is 0 Å². The largest absolute Gasteiger partial charge is 0.481 e. The monoisotopic (exact) mass is 483 g/mol. The Labute approximate surface area is 199 Å². The van der Waals surface area contributed by atoms with Gasteiger partial charge >= 0.3 is 12.1 Å². The predicted octanol–water partition coefficient (Wildman–Crippen LogP) is 6.40. The lowest BCUT2D eigenvalue weighted by Gasteiger charge is -2.58. The molecular formula is C27H24F3NO2S. The number of nitrogens with one attached hydrogen (secondary N) is 1. The van der Waals surface area contributed by atoms with Crippen molar-refractivity contribution in [2.45, 2.75) is 53.7 Å². The molecule has 2 heterocycles. The standard InChI is InChI=1S/C27H24F3NO2S/c28-27(29,30)18-8-6-17(7-9-18)25-11-10-21(20-14-31-15-22(20)25)26(24(32)33)13-19(34-23(25)26)12-16-4-2-1-3-5-16/h1-9,14-15,19,21,23,31H,10-13H2,(H,32,33). The van der Waals surface area contributed by atoms with Crippen molar-refractivity contribution in [3.8, 4) is 0 Å². The smallest absolute Gasteiger partial charge is 0.416 e. The maximum Gasteiger partial charge on any atom is 0.416 e. The first-order valence-corrected chi connectivity index (χ1v) is 12.5. The lowest BCUT2D eigenvalue weighted by atomic mass is 9.46. The van der Waals surface area contributed by atoms with Crippen LogP contribution in [0.25, 0.3) is 0 Å². The first-order chi connectivity index (χ1) is 16.3. The number of aliphatic carboxylic acids is 1. The zero-order valence-electron chi connectivity index (χ0n) is 18.3. The van der Waals surface area contributed by atoms with Crippen LogP contribution in [-0.4, -0.2) is 26.6 Å². The van der Waals surface area contributed by atoms with Gasteiger partial charge in [-0.15, -0.1) is 0 Å². The molecule has 0 radical (unpaired) electrons. The summed E-state index contributed by atoms with van der Waals surface area (Å²) in [6, 6.07) is 15.5. The van der Waals surface area contributed by atoms with Crippen LogP contribution in [0.2, 0.25) is 0 Å². The normalized spacial score (nSPS) is 31.8. The number of hydrogen-bond acceptors (Lipinski definition) is 2. The van der Waals surface area contributed by atoms with Crippen LogP contribution in [-0.2, 0) is 22.8 Å². The average Bonchev–Trinajstić information content (AvgIpc) is 3.47. The summed E-state index contributed by atoms with van der Waals surface area (Å²) in [5.74, 6) is -0.880. The van der Waals surface area contributed by atoms with Crippen LogP contribution >= 0.6 is 11.8 Å². The quantitative estimate of drug-likeness (QED) is 0.452. The molecule has 2 fully saturated rings. The van der Waals surface area contributed by atoms with E-state index in [4.69, 9.17) is 0 Å². The van der Waals surface area contributed by atoms with E-state index in [0.29, 0.717) is 12.8 Å². The Hall–Kier alpha value is -2.67. The zero-order valence-corrected chi connectivity index (χ0v) is 19.1. The van der Waals surface area contributed by atoms with E-state index in [1.54, 1.807) is 23.9 Å². The molecule has 3 aromatic rings. The van der Waals surface area contributed by atoms with Gasteiger partial charge in [0, 0.05) is 34.2 Å². The van der Waals surface area contributed by atoms with Crippen molar-refractivity contribution in [3.63, 3.8) is 0 Å². The fraction of sp³-hybridized carbons (Fsp3) is 0.370. The highest BCUT2D eigenvalue weighted by molar-refractivity contribution is 8.01. The molecule has 2 bridgehead atoms. The molecule has 3 nitrogen and oxygen atoms in total. The second kappa shape index (κ2) is 7.41. The molecule has 1 saturated heterocycles. The number of fused-ring (bicyclic) bond motifs is 1. The summed E-state index contributed by atoms with van der Waals surface area (Å²) in [6.45, 7) is 0. The number of H-pyrrole nitrogens is 1. The molecule has 1 aliphatic heterocycles. The Morgan fingerprint density at radius 1 is 1.09 bits per heavy atom. The van der Waals surface area contributed by atoms with Gasteiger partial charge < -0.3 is 10.1 Å². The van der Waals surface area contributed by atoms with E-state index < -0.39 is 28.5 Å². The van der Waals surface area contributed by atoms with Gasteiger partial charge in [0.2, 0.25) is 0 Å². The number of benzene rings is 2. The lowest BCUT2D eigenvalue weighted by molar-refractivity contribution is -0.154. The number of aromatic amines is 1. The Morgan fingerprint density at radius 2 is 1.82 bits per heavy atom. The van der Waals surface area contributed by atoms with Gasteiger partial charge in [-0.1, -0.05) is 42.5 Å². The van der Waals surface area contributed by atoms with Gasteiger partial charge in [0.1, 0.15) is 0 Å². The van der Waals surface area contributed by atoms with E-state index in [0.717, 1.165) is 41.7 Å². The van der Waals surface area contributed by atoms with Crippen molar-refractivity contribution in [3.05, 3.63) is 94.8 Å². The zero-order chi connectivity index (χ0) is 23.7. The minimum atomic E-state index is -4.41. The second-order valence-corrected chi connectivity index (χ2v) is 11.2. The summed E-state index contributed by atoms with van der Waals surface area (Å²) in [6.07, 6.45) is 2.23. The minimum Gasteiger partial charge on any atom is -0.481 e. The number of rotatable bonds is 4. The Morgan fingerprint density at radius 3 is 2.50 bits per heavy atom. The summed E-state index contributed by atoms with van der Waals surface area (Å²) in [5.41, 5.74) is 1.77. The molecule has 0 spiro atoms. The fourth-order valence-corrected chi connectivity index (χ4v) is 9.26. The summed E-state index contributed by atoms with van der Waals surface area (Å²) in [5, 5.41) is 10.6. The number of halogens is 3. The summed E-state index contributed by atoms with van der Waals surface area (Å²) in [4.78, 5) is 16.2. The number of carboxylic acid groups (broad SMARTS) is 1. The Bertz CT molecular complexity index is 1240. The molecule has 0 amide bonds. The van der Waals surface area contributed by atoms with Crippen molar-refractivity contribution in [1.82, 2.24) is 4.98 Å². The molecule has 1 saturated carbocycles. The minimum absolute atomic E-state index is 0.0964. The lowest BCUT2D eigenvalue weighted by Crippen LogP contribution is -2.60. The van der Waals surface area contributed by atoms with Gasteiger partial charge in [-0.05, 0) is 60.1 Å². The van der Waals surface area contributed by atoms with Crippen LogP contribution in [0.15, 0.2) is 67.0 Å². The number of alkyl halides is 3. The Balaban J connectivity index is 1.49. The number of carboxylic acids is 1. The molecule has 5 unspecified atom stereocenters. The first-order valence-electron chi connectivity index (χ1n) is 11.5. The molecule has 5 atom stereocenters. The first kappa shape index (κ1) is 21.8. The van der Waals surface area contributed by atoms with E-state index in [-0.39, 0.29) is 16.4 Å². The number of hydrogen-bond donors (Lipinski definition) is 2. The molecule has 1 aromatic heterocycles. The highest BCUT2D eigenvalue weighted by Crippen LogP contribution is 2.72. The van der Waals surface area contributed by atoms with Crippen molar-refractivity contribution < 1.29 is 23.1 Å². The number of aromatic nitrogens is 1. The summed E-state index contributed by atoms with van der Waals surface area (Å²) in [7, 11) is 0. The number of carbonyl (C=O) groups is 1.